The predicted molar refractivity (Wildman–Crippen MR) is 88.6 cm³/mol. The number of ether oxygens (including phenoxy) is 2. The van der Waals surface area contributed by atoms with Gasteiger partial charge in [0.25, 0.3) is 0 Å². The van der Waals surface area contributed by atoms with Crippen molar-refractivity contribution < 1.29 is 19.4 Å². The first kappa shape index (κ1) is 17.8. The molecule has 1 aromatic carbocycles. The molecule has 1 aliphatic rings. The van der Waals surface area contributed by atoms with Crippen molar-refractivity contribution in [1.29, 1.82) is 0 Å². The van der Waals surface area contributed by atoms with Crippen LogP contribution in [0.4, 0.5) is 0 Å². The number of aliphatic hydroxyl groups excluding tert-OH is 1. The normalized spacial score (nSPS) is 18.5. The summed E-state index contributed by atoms with van der Waals surface area (Å²) in [5, 5.41) is 12.5. The van der Waals surface area contributed by atoms with Gasteiger partial charge in [0.15, 0.2) is 0 Å². The van der Waals surface area contributed by atoms with Gasteiger partial charge < -0.3 is 19.9 Å². The number of carbonyl (C=O) groups is 1. The van der Waals surface area contributed by atoms with Crippen LogP contribution < -0.4 is 10.1 Å². The first-order valence-electron chi connectivity index (χ1n) is 8.17. The van der Waals surface area contributed by atoms with Crippen LogP contribution in [0.1, 0.15) is 32.3 Å². The minimum Gasteiger partial charge on any atom is -0.497 e. The van der Waals surface area contributed by atoms with Gasteiger partial charge in [-0.25, -0.2) is 0 Å². The highest BCUT2D eigenvalue weighted by molar-refractivity contribution is 5.88. The maximum atomic E-state index is 13.0. The zero-order valence-electron chi connectivity index (χ0n) is 14.2. The minimum absolute atomic E-state index is 0.0290. The van der Waals surface area contributed by atoms with Crippen LogP contribution >= 0.6 is 0 Å². The lowest BCUT2D eigenvalue weighted by molar-refractivity contribution is -0.132. The standard InChI is InChI=1S/C18H27NO4/c1-13(2)16(12-20)19-17(21)18(8-10-23-11-9-18)14-4-6-15(22-3)7-5-14/h4-7,13,16,20H,8-12H2,1-3H3,(H,19,21)/t16-/m1/s1. The number of carbonyl (C=O) groups excluding carboxylic acids is 1. The third-order valence-electron chi connectivity index (χ3n) is 4.74. The average molecular weight is 321 g/mol. The van der Waals surface area contributed by atoms with Crippen molar-refractivity contribution in [2.45, 2.75) is 38.1 Å². The molecular formula is C18H27NO4. The lowest BCUT2D eigenvalue weighted by Crippen LogP contribution is -2.53. The predicted octanol–water partition coefficient (Wildman–Crippen LogP) is 1.88. The number of aliphatic hydroxyl groups is 1. The van der Waals surface area contributed by atoms with Crippen LogP contribution in [-0.4, -0.2) is 44.0 Å². The van der Waals surface area contributed by atoms with Crippen LogP contribution in [0.15, 0.2) is 24.3 Å². The molecule has 0 saturated carbocycles. The van der Waals surface area contributed by atoms with Gasteiger partial charge in [0.2, 0.25) is 5.91 Å². The largest absolute Gasteiger partial charge is 0.497 e. The highest BCUT2D eigenvalue weighted by Gasteiger charge is 2.42. The van der Waals surface area contributed by atoms with E-state index in [1.807, 2.05) is 38.1 Å². The molecule has 1 saturated heterocycles. The summed E-state index contributed by atoms with van der Waals surface area (Å²) >= 11 is 0. The van der Waals surface area contributed by atoms with Gasteiger partial charge in [-0.2, -0.15) is 0 Å². The third kappa shape index (κ3) is 3.85. The molecule has 1 fully saturated rings. The fourth-order valence-corrected chi connectivity index (χ4v) is 3.01. The van der Waals surface area contributed by atoms with E-state index in [0.717, 1.165) is 11.3 Å². The lowest BCUT2D eigenvalue weighted by Gasteiger charge is -2.38. The molecular weight excluding hydrogens is 294 g/mol. The fourth-order valence-electron chi connectivity index (χ4n) is 3.01. The van der Waals surface area contributed by atoms with Gasteiger partial charge in [0, 0.05) is 13.2 Å². The molecule has 1 amide bonds. The minimum atomic E-state index is -0.604. The second-order valence-corrected chi connectivity index (χ2v) is 6.43. The number of methoxy groups -OCH3 is 1. The quantitative estimate of drug-likeness (QED) is 0.839. The molecule has 0 spiro atoms. The maximum Gasteiger partial charge on any atom is 0.231 e. The molecule has 1 aromatic rings. The Hall–Kier alpha value is -1.59. The first-order valence-corrected chi connectivity index (χ1v) is 8.17. The van der Waals surface area contributed by atoms with E-state index >= 15 is 0 Å². The Morgan fingerprint density at radius 1 is 1.30 bits per heavy atom. The number of benzene rings is 1. The maximum absolute atomic E-state index is 13.0. The van der Waals surface area contributed by atoms with E-state index in [4.69, 9.17) is 9.47 Å². The molecule has 1 heterocycles. The van der Waals surface area contributed by atoms with Gasteiger partial charge in [-0.1, -0.05) is 26.0 Å². The molecule has 0 aliphatic carbocycles. The number of hydrogen-bond donors (Lipinski definition) is 2. The molecule has 0 aromatic heterocycles. The van der Waals surface area contributed by atoms with E-state index in [0.29, 0.717) is 26.1 Å². The SMILES string of the molecule is COc1ccc(C2(C(=O)N[C@H](CO)C(C)C)CCOCC2)cc1. The average Bonchev–Trinajstić information content (AvgIpc) is 2.59. The number of rotatable bonds is 6. The van der Waals surface area contributed by atoms with E-state index < -0.39 is 5.41 Å². The van der Waals surface area contributed by atoms with Crippen LogP contribution in [0.5, 0.6) is 5.75 Å². The van der Waals surface area contributed by atoms with E-state index in [-0.39, 0.29) is 24.5 Å². The summed E-state index contributed by atoms with van der Waals surface area (Å²) in [4.78, 5) is 13.0. The Morgan fingerprint density at radius 2 is 1.91 bits per heavy atom. The van der Waals surface area contributed by atoms with Crippen molar-refractivity contribution >= 4 is 5.91 Å². The van der Waals surface area contributed by atoms with Crippen molar-refractivity contribution in [2.75, 3.05) is 26.9 Å². The Balaban J connectivity index is 2.28. The molecule has 23 heavy (non-hydrogen) atoms. The highest BCUT2D eigenvalue weighted by atomic mass is 16.5. The molecule has 0 unspecified atom stereocenters. The Morgan fingerprint density at radius 3 is 2.39 bits per heavy atom. The van der Waals surface area contributed by atoms with Gasteiger partial charge in [0.05, 0.1) is 25.2 Å². The second kappa shape index (κ2) is 7.79. The van der Waals surface area contributed by atoms with Crippen molar-refractivity contribution in [3.8, 4) is 5.75 Å². The monoisotopic (exact) mass is 321 g/mol. The smallest absolute Gasteiger partial charge is 0.231 e. The van der Waals surface area contributed by atoms with Gasteiger partial charge >= 0.3 is 0 Å². The number of hydrogen-bond acceptors (Lipinski definition) is 4. The molecule has 1 aliphatic heterocycles. The van der Waals surface area contributed by atoms with Gasteiger partial charge in [-0.05, 0) is 36.5 Å². The summed E-state index contributed by atoms with van der Waals surface area (Å²) in [5.74, 6) is 0.919. The van der Waals surface area contributed by atoms with Crippen molar-refractivity contribution in [1.82, 2.24) is 5.32 Å². The molecule has 2 rings (SSSR count). The molecule has 128 valence electrons. The van der Waals surface area contributed by atoms with E-state index in [1.165, 1.54) is 0 Å². The van der Waals surface area contributed by atoms with E-state index in [1.54, 1.807) is 7.11 Å². The van der Waals surface area contributed by atoms with E-state index in [2.05, 4.69) is 5.32 Å². The Labute approximate surface area is 138 Å². The summed E-state index contributed by atoms with van der Waals surface area (Å²) in [6, 6.07) is 7.43. The molecule has 2 N–H and O–H groups in total. The zero-order valence-corrected chi connectivity index (χ0v) is 14.2. The summed E-state index contributed by atoms with van der Waals surface area (Å²) in [5.41, 5.74) is 0.367. The van der Waals surface area contributed by atoms with Crippen molar-refractivity contribution in [2.24, 2.45) is 5.92 Å². The van der Waals surface area contributed by atoms with Crippen LogP contribution in [0.25, 0.3) is 0 Å². The molecule has 0 bridgehead atoms. The molecule has 0 radical (unpaired) electrons. The van der Waals surface area contributed by atoms with Gasteiger partial charge in [0.1, 0.15) is 5.75 Å². The van der Waals surface area contributed by atoms with Gasteiger partial charge in [-0.15, -0.1) is 0 Å². The Bertz CT molecular complexity index is 506. The Kier molecular flexibility index (Phi) is 6.02. The second-order valence-electron chi connectivity index (χ2n) is 6.43. The first-order chi connectivity index (χ1) is 11.0. The number of nitrogens with one attached hydrogen (secondary N) is 1. The summed E-state index contributed by atoms with van der Waals surface area (Å²) in [6.45, 7) is 5.05. The van der Waals surface area contributed by atoms with Crippen molar-refractivity contribution in [3.63, 3.8) is 0 Å². The molecule has 5 nitrogen and oxygen atoms in total. The van der Waals surface area contributed by atoms with E-state index in [9.17, 15) is 9.90 Å². The topological polar surface area (TPSA) is 67.8 Å². The van der Waals surface area contributed by atoms with Crippen molar-refractivity contribution in [3.05, 3.63) is 29.8 Å². The summed E-state index contributed by atoms with van der Waals surface area (Å²) in [6.07, 6.45) is 1.28. The zero-order chi connectivity index (χ0) is 16.9. The fraction of sp³-hybridized carbons (Fsp3) is 0.611. The third-order valence-corrected chi connectivity index (χ3v) is 4.74. The van der Waals surface area contributed by atoms with Crippen LogP contribution in [0, 0.1) is 5.92 Å². The highest BCUT2D eigenvalue weighted by Crippen LogP contribution is 2.36. The van der Waals surface area contributed by atoms with Crippen LogP contribution in [-0.2, 0) is 14.9 Å². The lowest BCUT2D eigenvalue weighted by atomic mass is 9.73. The number of amides is 1. The summed E-state index contributed by atoms with van der Waals surface area (Å²) in [7, 11) is 1.63. The van der Waals surface area contributed by atoms with Crippen LogP contribution in [0.2, 0.25) is 0 Å². The van der Waals surface area contributed by atoms with Gasteiger partial charge in [-0.3, -0.25) is 4.79 Å². The molecule has 1 atom stereocenters. The van der Waals surface area contributed by atoms with Crippen LogP contribution in [0.3, 0.4) is 0 Å². The molecule has 5 heteroatoms. The summed E-state index contributed by atoms with van der Waals surface area (Å²) < 4.78 is 10.7.